The van der Waals surface area contributed by atoms with Gasteiger partial charge in [-0.1, -0.05) is 59.3 Å². The first-order chi connectivity index (χ1) is 9.01. The molecule has 0 aliphatic rings. The molecule has 0 bridgehead atoms. The van der Waals surface area contributed by atoms with E-state index in [1.165, 1.54) is 11.1 Å². The molecule has 1 atom stereocenters. The van der Waals surface area contributed by atoms with E-state index in [1.54, 1.807) is 0 Å². The summed E-state index contributed by atoms with van der Waals surface area (Å²) < 4.78 is 1.08. The SMILES string of the molecule is CCc1ccc(CC(C)(N)c2ccc(Br)cc2)cc1. The summed E-state index contributed by atoms with van der Waals surface area (Å²) in [5, 5.41) is 0. The number of halogens is 1. The Labute approximate surface area is 124 Å². The highest BCUT2D eigenvalue weighted by atomic mass is 79.9. The molecule has 0 radical (unpaired) electrons. The van der Waals surface area contributed by atoms with E-state index in [1.807, 2.05) is 12.1 Å². The molecule has 1 nitrogen and oxygen atoms in total. The van der Waals surface area contributed by atoms with Crippen molar-refractivity contribution < 1.29 is 0 Å². The van der Waals surface area contributed by atoms with E-state index in [0.29, 0.717) is 0 Å². The van der Waals surface area contributed by atoms with E-state index in [9.17, 15) is 0 Å². The van der Waals surface area contributed by atoms with Gasteiger partial charge < -0.3 is 5.73 Å². The quantitative estimate of drug-likeness (QED) is 0.887. The maximum absolute atomic E-state index is 6.48. The predicted octanol–water partition coefficient (Wildman–Crippen LogP) is 4.43. The van der Waals surface area contributed by atoms with Gasteiger partial charge in [0.25, 0.3) is 0 Å². The normalized spacial score (nSPS) is 14.1. The molecule has 0 heterocycles. The Hall–Kier alpha value is -1.12. The molecule has 0 saturated carbocycles. The van der Waals surface area contributed by atoms with Crippen LogP contribution < -0.4 is 5.73 Å². The van der Waals surface area contributed by atoms with Crippen LogP contribution in [-0.2, 0) is 18.4 Å². The van der Waals surface area contributed by atoms with Gasteiger partial charge >= 0.3 is 0 Å². The summed E-state index contributed by atoms with van der Waals surface area (Å²) in [7, 11) is 0. The summed E-state index contributed by atoms with van der Waals surface area (Å²) in [5.41, 5.74) is 9.95. The fraction of sp³-hybridized carbons (Fsp3) is 0.294. The first kappa shape index (κ1) is 14.3. The maximum Gasteiger partial charge on any atom is 0.0421 e. The smallest absolute Gasteiger partial charge is 0.0421 e. The van der Waals surface area contributed by atoms with Gasteiger partial charge in [0.05, 0.1) is 0 Å². The van der Waals surface area contributed by atoms with Crippen molar-refractivity contribution in [2.45, 2.75) is 32.2 Å². The van der Waals surface area contributed by atoms with Gasteiger partial charge in [-0.15, -0.1) is 0 Å². The zero-order chi connectivity index (χ0) is 13.9. The van der Waals surface area contributed by atoms with Gasteiger partial charge in [0, 0.05) is 10.0 Å². The highest BCUT2D eigenvalue weighted by molar-refractivity contribution is 9.10. The van der Waals surface area contributed by atoms with Gasteiger partial charge in [-0.05, 0) is 48.6 Å². The summed E-state index contributed by atoms with van der Waals surface area (Å²) in [6, 6.07) is 17.0. The minimum atomic E-state index is -0.339. The largest absolute Gasteiger partial charge is 0.321 e. The molecule has 0 amide bonds. The molecule has 0 saturated heterocycles. The molecule has 2 aromatic rings. The number of nitrogens with two attached hydrogens (primary N) is 1. The Morgan fingerprint density at radius 1 is 0.947 bits per heavy atom. The lowest BCUT2D eigenvalue weighted by Crippen LogP contribution is -2.35. The molecule has 0 aliphatic carbocycles. The zero-order valence-electron chi connectivity index (χ0n) is 11.5. The number of hydrogen-bond donors (Lipinski definition) is 1. The van der Waals surface area contributed by atoms with Gasteiger partial charge in [-0.25, -0.2) is 0 Å². The van der Waals surface area contributed by atoms with Crippen molar-refractivity contribution >= 4 is 15.9 Å². The summed E-state index contributed by atoms with van der Waals surface area (Å²) in [6.45, 7) is 4.26. The van der Waals surface area contributed by atoms with Crippen LogP contribution in [0.15, 0.2) is 53.0 Å². The molecule has 0 fully saturated rings. The van der Waals surface area contributed by atoms with Crippen molar-refractivity contribution in [2.24, 2.45) is 5.73 Å². The van der Waals surface area contributed by atoms with Crippen molar-refractivity contribution in [1.82, 2.24) is 0 Å². The van der Waals surface area contributed by atoms with Gasteiger partial charge in [-0.2, -0.15) is 0 Å². The average Bonchev–Trinajstić information content (AvgIpc) is 2.40. The molecule has 2 heteroatoms. The maximum atomic E-state index is 6.48. The fourth-order valence-electron chi connectivity index (χ4n) is 2.25. The van der Waals surface area contributed by atoms with Crippen LogP contribution in [0.2, 0.25) is 0 Å². The Kier molecular flexibility index (Phi) is 4.43. The number of aryl methyl sites for hydroxylation is 1. The Morgan fingerprint density at radius 2 is 1.47 bits per heavy atom. The molecule has 2 aromatic carbocycles. The molecule has 0 spiro atoms. The Bertz CT molecular complexity index is 526. The van der Waals surface area contributed by atoms with Gasteiger partial charge in [0.1, 0.15) is 0 Å². The van der Waals surface area contributed by atoms with Crippen molar-refractivity contribution in [1.29, 1.82) is 0 Å². The van der Waals surface area contributed by atoms with Crippen LogP contribution in [0.4, 0.5) is 0 Å². The number of rotatable bonds is 4. The van der Waals surface area contributed by atoms with E-state index >= 15 is 0 Å². The summed E-state index contributed by atoms with van der Waals surface area (Å²) in [5.74, 6) is 0. The van der Waals surface area contributed by atoms with Crippen molar-refractivity contribution in [3.8, 4) is 0 Å². The van der Waals surface area contributed by atoms with E-state index in [0.717, 1.165) is 22.9 Å². The molecule has 100 valence electrons. The van der Waals surface area contributed by atoms with Gasteiger partial charge in [0.15, 0.2) is 0 Å². The molecular formula is C17H20BrN. The monoisotopic (exact) mass is 317 g/mol. The lowest BCUT2D eigenvalue weighted by Gasteiger charge is -2.25. The van der Waals surface area contributed by atoms with E-state index in [2.05, 4.69) is 66.2 Å². The molecule has 0 aliphatic heterocycles. The number of benzene rings is 2. The minimum absolute atomic E-state index is 0.339. The highest BCUT2D eigenvalue weighted by Crippen LogP contribution is 2.24. The van der Waals surface area contributed by atoms with Crippen LogP contribution >= 0.6 is 15.9 Å². The standard InChI is InChI=1S/C17H20BrN/c1-3-13-4-6-14(7-5-13)12-17(2,19)15-8-10-16(18)11-9-15/h4-11H,3,12,19H2,1-2H3. The third kappa shape index (κ3) is 3.68. The molecule has 0 aromatic heterocycles. The minimum Gasteiger partial charge on any atom is -0.321 e. The van der Waals surface area contributed by atoms with Crippen LogP contribution in [0.5, 0.6) is 0 Å². The van der Waals surface area contributed by atoms with E-state index in [-0.39, 0.29) is 5.54 Å². The molecule has 2 N–H and O–H groups in total. The van der Waals surface area contributed by atoms with E-state index < -0.39 is 0 Å². The van der Waals surface area contributed by atoms with E-state index in [4.69, 9.17) is 5.73 Å². The molecular weight excluding hydrogens is 298 g/mol. The van der Waals surface area contributed by atoms with Crippen LogP contribution in [-0.4, -0.2) is 0 Å². The third-order valence-electron chi connectivity index (χ3n) is 3.51. The summed E-state index contributed by atoms with van der Waals surface area (Å²) >= 11 is 3.45. The summed E-state index contributed by atoms with van der Waals surface area (Å²) in [4.78, 5) is 0. The predicted molar refractivity (Wildman–Crippen MR) is 85.2 cm³/mol. The average molecular weight is 318 g/mol. The zero-order valence-corrected chi connectivity index (χ0v) is 13.1. The second-order valence-corrected chi connectivity index (χ2v) is 6.19. The van der Waals surface area contributed by atoms with Crippen molar-refractivity contribution in [3.05, 3.63) is 69.7 Å². The topological polar surface area (TPSA) is 26.0 Å². The van der Waals surface area contributed by atoms with Crippen molar-refractivity contribution in [3.63, 3.8) is 0 Å². The van der Waals surface area contributed by atoms with Crippen LogP contribution in [0, 0.1) is 0 Å². The third-order valence-corrected chi connectivity index (χ3v) is 4.03. The van der Waals surface area contributed by atoms with Gasteiger partial charge in [-0.3, -0.25) is 0 Å². The Balaban J connectivity index is 2.17. The first-order valence-electron chi connectivity index (χ1n) is 6.64. The first-order valence-corrected chi connectivity index (χ1v) is 7.43. The Morgan fingerprint density at radius 3 is 2.00 bits per heavy atom. The second kappa shape index (κ2) is 5.89. The van der Waals surface area contributed by atoms with Crippen LogP contribution in [0.3, 0.4) is 0 Å². The second-order valence-electron chi connectivity index (χ2n) is 5.27. The lowest BCUT2D eigenvalue weighted by molar-refractivity contribution is 0.491. The highest BCUT2D eigenvalue weighted by Gasteiger charge is 2.21. The molecule has 2 rings (SSSR count). The molecule has 19 heavy (non-hydrogen) atoms. The van der Waals surface area contributed by atoms with Gasteiger partial charge in [0.2, 0.25) is 0 Å². The van der Waals surface area contributed by atoms with Crippen LogP contribution in [0.1, 0.15) is 30.5 Å². The van der Waals surface area contributed by atoms with Crippen LogP contribution in [0.25, 0.3) is 0 Å². The summed E-state index contributed by atoms with van der Waals surface area (Å²) in [6.07, 6.45) is 1.92. The lowest BCUT2D eigenvalue weighted by atomic mass is 9.86. The molecule has 1 unspecified atom stereocenters. The van der Waals surface area contributed by atoms with Crippen molar-refractivity contribution in [2.75, 3.05) is 0 Å². The number of hydrogen-bond acceptors (Lipinski definition) is 1. The fourth-order valence-corrected chi connectivity index (χ4v) is 2.51.